The Labute approximate surface area is 148 Å². The Hall–Kier alpha value is -2.93. The van der Waals surface area contributed by atoms with Gasteiger partial charge in [-0.3, -0.25) is 14.6 Å². The molecule has 0 bridgehead atoms. The maximum Gasteiger partial charge on any atom is 0.307 e. The number of hydrogen-bond donors (Lipinski definition) is 1. The van der Waals surface area contributed by atoms with Gasteiger partial charge in [-0.25, -0.2) is 0 Å². The van der Waals surface area contributed by atoms with Crippen LogP contribution in [0.15, 0.2) is 42.6 Å². The maximum absolute atomic E-state index is 12.1. The van der Waals surface area contributed by atoms with Gasteiger partial charge in [-0.1, -0.05) is 12.1 Å². The number of carbonyl (C=O) groups is 2. The van der Waals surface area contributed by atoms with Gasteiger partial charge in [0.2, 0.25) is 0 Å². The molecule has 128 valence electrons. The van der Waals surface area contributed by atoms with E-state index in [1.165, 1.54) is 16.2 Å². The van der Waals surface area contributed by atoms with Crippen LogP contribution in [0.25, 0.3) is 10.2 Å². The van der Waals surface area contributed by atoms with Crippen LogP contribution in [0, 0.1) is 0 Å². The van der Waals surface area contributed by atoms with Gasteiger partial charge in [-0.2, -0.15) is 0 Å². The highest BCUT2D eigenvalue weighted by atomic mass is 32.1. The summed E-state index contributed by atoms with van der Waals surface area (Å²) in [4.78, 5) is 29.3. The monoisotopic (exact) mass is 356 g/mol. The molecule has 0 radical (unpaired) electrons. The lowest BCUT2D eigenvalue weighted by Crippen LogP contribution is -2.20. The number of hydrogen-bond acceptors (Lipinski definition) is 5. The number of carboxylic acid groups (broad SMARTS) is 1. The topological polar surface area (TPSA) is 79.7 Å². The van der Waals surface area contributed by atoms with Crippen molar-refractivity contribution in [1.29, 1.82) is 0 Å². The molecule has 0 unspecified atom stereocenters. The van der Waals surface area contributed by atoms with Crippen molar-refractivity contribution >= 4 is 33.4 Å². The van der Waals surface area contributed by atoms with E-state index in [9.17, 15) is 9.59 Å². The third kappa shape index (κ3) is 3.77. The first kappa shape index (κ1) is 16.9. The fourth-order valence-electron chi connectivity index (χ4n) is 2.30. The number of amides is 1. The Morgan fingerprint density at radius 2 is 1.92 bits per heavy atom. The molecule has 3 aromatic rings. The zero-order valence-electron chi connectivity index (χ0n) is 13.7. The summed E-state index contributed by atoms with van der Waals surface area (Å²) in [5, 5.41) is 8.81. The summed E-state index contributed by atoms with van der Waals surface area (Å²) in [6.07, 6.45) is 1.60. The van der Waals surface area contributed by atoms with E-state index in [4.69, 9.17) is 9.84 Å². The molecule has 0 saturated carbocycles. The molecule has 1 N–H and O–H groups in total. The minimum absolute atomic E-state index is 0.0271. The van der Waals surface area contributed by atoms with Crippen molar-refractivity contribution in [1.82, 2.24) is 9.88 Å². The second-order valence-corrected chi connectivity index (χ2v) is 6.70. The second kappa shape index (κ2) is 6.90. The van der Waals surface area contributed by atoms with E-state index in [2.05, 4.69) is 4.98 Å². The van der Waals surface area contributed by atoms with Crippen LogP contribution in [0.3, 0.4) is 0 Å². The number of thiophene rings is 1. The van der Waals surface area contributed by atoms with Crippen molar-refractivity contribution < 1.29 is 19.4 Å². The number of carbonyl (C=O) groups excluding carboxylic acids is 1. The molecule has 0 saturated heterocycles. The Balaban J connectivity index is 1.88. The maximum atomic E-state index is 12.1. The van der Waals surface area contributed by atoms with Crippen molar-refractivity contribution in [2.45, 2.75) is 6.42 Å². The van der Waals surface area contributed by atoms with Gasteiger partial charge in [-0.15, -0.1) is 11.3 Å². The zero-order valence-corrected chi connectivity index (χ0v) is 14.5. The summed E-state index contributed by atoms with van der Waals surface area (Å²) < 4.78 is 6.70. The molecule has 0 aliphatic heterocycles. The van der Waals surface area contributed by atoms with Crippen molar-refractivity contribution in [3.8, 4) is 11.5 Å². The number of benzene rings is 1. The average molecular weight is 356 g/mol. The number of ether oxygens (including phenoxy) is 1. The lowest BCUT2D eigenvalue weighted by atomic mass is 10.1. The second-order valence-electron chi connectivity index (χ2n) is 5.65. The normalized spacial score (nSPS) is 10.6. The van der Waals surface area contributed by atoms with E-state index in [0.717, 1.165) is 4.70 Å². The summed E-state index contributed by atoms with van der Waals surface area (Å²) >= 11 is 1.33. The van der Waals surface area contributed by atoms with Crippen molar-refractivity contribution in [3.63, 3.8) is 0 Å². The molecule has 6 nitrogen and oxygen atoms in total. The van der Waals surface area contributed by atoms with E-state index in [1.807, 2.05) is 0 Å². The molecule has 0 aliphatic carbocycles. The average Bonchev–Trinajstić information content (AvgIpc) is 3.00. The minimum Gasteiger partial charge on any atom is -0.481 e. The van der Waals surface area contributed by atoms with Crippen molar-refractivity contribution in [2.75, 3.05) is 14.1 Å². The first-order valence-corrected chi connectivity index (χ1v) is 8.34. The van der Waals surface area contributed by atoms with E-state index in [1.54, 1.807) is 56.7 Å². The Kier molecular flexibility index (Phi) is 4.67. The lowest BCUT2D eigenvalue weighted by molar-refractivity contribution is -0.136. The molecule has 0 atom stereocenters. The standard InChI is InChI=1S/C18H16N2O4S/c1-20(2)18(23)15-10-13-17(25-15)14(7-8-19-13)24-12-5-3-11(4-6-12)9-16(21)22/h3-8,10H,9H2,1-2H3,(H,21,22). The van der Waals surface area contributed by atoms with Crippen LogP contribution in [0.4, 0.5) is 0 Å². The molecule has 0 aliphatic rings. The smallest absolute Gasteiger partial charge is 0.307 e. The fraction of sp³-hybridized carbons (Fsp3) is 0.167. The number of rotatable bonds is 5. The van der Waals surface area contributed by atoms with E-state index in [0.29, 0.717) is 27.5 Å². The minimum atomic E-state index is -0.874. The highest BCUT2D eigenvalue weighted by Gasteiger charge is 2.15. The lowest BCUT2D eigenvalue weighted by Gasteiger charge is -2.07. The molecular weight excluding hydrogens is 340 g/mol. The molecule has 1 amide bonds. The van der Waals surface area contributed by atoms with Gasteiger partial charge in [-0.05, 0) is 23.8 Å². The SMILES string of the molecule is CN(C)C(=O)c1cc2nccc(Oc3ccc(CC(=O)O)cc3)c2s1. The van der Waals surface area contributed by atoms with Crippen LogP contribution >= 0.6 is 11.3 Å². The Bertz CT molecular complexity index is 932. The quantitative estimate of drug-likeness (QED) is 0.758. The van der Waals surface area contributed by atoms with Gasteiger partial charge >= 0.3 is 5.97 Å². The molecule has 2 aromatic heterocycles. The van der Waals surface area contributed by atoms with Crippen molar-refractivity contribution in [3.05, 3.63) is 53.0 Å². The van der Waals surface area contributed by atoms with E-state index >= 15 is 0 Å². The molecule has 7 heteroatoms. The fourth-order valence-corrected chi connectivity index (χ4v) is 3.38. The van der Waals surface area contributed by atoms with Gasteiger partial charge < -0.3 is 14.7 Å². The van der Waals surface area contributed by atoms with Gasteiger partial charge in [0.1, 0.15) is 11.5 Å². The predicted octanol–water partition coefficient (Wildman–Crippen LogP) is 3.42. The van der Waals surface area contributed by atoms with Crippen LogP contribution < -0.4 is 4.74 Å². The van der Waals surface area contributed by atoms with Crippen LogP contribution in [-0.2, 0) is 11.2 Å². The number of carboxylic acids is 1. The van der Waals surface area contributed by atoms with Gasteiger partial charge in [0.15, 0.2) is 0 Å². The Morgan fingerprint density at radius 1 is 1.20 bits per heavy atom. The highest BCUT2D eigenvalue weighted by molar-refractivity contribution is 7.21. The highest BCUT2D eigenvalue weighted by Crippen LogP contribution is 2.35. The van der Waals surface area contributed by atoms with Gasteiger partial charge in [0.25, 0.3) is 5.91 Å². The number of aliphatic carboxylic acids is 1. The number of nitrogens with zero attached hydrogens (tertiary/aromatic N) is 2. The van der Waals surface area contributed by atoms with E-state index in [-0.39, 0.29) is 12.3 Å². The van der Waals surface area contributed by atoms with Gasteiger partial charge in [0, 0.05) is 26.4 Å². The number of fused-ring (bicyclic) bond motifs is 1. The van der Waals surface area contributed by atoms with Crippen molar-refractivity contribution in [2.24, 2.45) is 0 Å². The molecule has 1 aromatic carbocycles. The van der Waals surface area contributed by atoms with Crippen LogP contribution in [0.5, 0.6) is 11.5 Å². The number of pyridine rings is 1. The third-order valence-corrected chi connectivity index (χ3v) is 4.63. The van der Waals surface area contributed by atoms with Crippen LogP contribution in [0.1, 0.15) is 15.2 Å². The first-order chi connectivity index (χ1) is 11.9. The molecule has 0 fully saturated rings. The van der Waals surface area contributed by atoms with E-state index < -0.39 is 5.97 Å². The summed E-state index contributed by atoms with van der Waals surface area (Å²) in [5.41, 5.74) is 1.41. The first-order valence-electron chi connectivity index (χ1n) is 7.53. The molecule has 0 spiro atoms. The van der Waals surface area contributed by atoms with Gasteiger partial charge in [0.05, 0.1) is 21.5 Å². The summed E-state index contributed by atoms with van der Waals surface area (Å²) in [6.45, 7) is 0. The summed E-state index contributed by atoms with van der Waals surface area (Å²) in [5.74, 6) is 0.252. The number of aromatic nitrogens is 1. The van der Waals surface area contributed by atoms with Crippen LogP contribution in [-0.4, -0.2) is 41.0 Å². The van der Waals surface area contributed by atoms with Crippen LogP contribution in [0.2, 0.25) is 0 Å². The Morgan fingerprint density at radius 3 is 2.56 bits per heavy atom. The summed E-state index contributed by atoms with van der Waals surface area (Å²) in [6, 6.07) is 10.4. The largest absolute Gasteiger partial charge is 0.481 e. The third-order valence-electron chi connectivity index (χ3n) is 3.50. The molecule has 25 heavy (non-hydrogen) atoms. The summed E-state index contributed by atoms with van der Waals surface area (Å²) in [7, 11) is 3.41. The predicted molar refractivity (Wildman–Crippen MR) is 95.5 cm³/mol. The zero-order chi connectivity index (χ0) is 18.0. The molecule has 3 rings (SSSR count). The molecule has 2 heterocycles. The molecular formula is C18H16N2O4S.